The maximum absolute atomic E-state index is 10.9. The quantitative estimate of drug-likeness (QED) is 0.481. The Balaban J connectivity index is 3.18. The fourth-order valence-corrected chi connectivity index (χ4v) is 1.94. The highest BCUT2D eigenvalue weighted by molar-refractivity contribution is 7.98. The van der Waals surface area contributed by atoms with Crippen molar-refractivity contribution < 1.29 is 9.66 Å². The molecule has 0 spiro atoms. The van der Waals surface area contributed by atoms with Crippen molar-refractivity contribution in [3.8, 4) is 5.75 Å². The smallest absolute Gasteiger partial charge is 0.296 e. The first kappa shape index (κ1) is 13.6. The molecule has 0 unspecified atom stereocenters. The Morgan fingerprint density at radius 3 is 2.71 bits per heavy atom. The topological polar surface area (TPSA) is 64.4 Å². The van der Waals surface area contributed by atoms with Crippen LogP contribution in [0.15, 0.2) is 17.0 Å². The molecule has 0 aliphatic heterocycles. The van der Waals surface area contributed by atoms with Gasteiger partial charge in [-0.25, -0.2) is 0 Å². The van der Waals surface area contributed by atoms with Gasteiger partial charge in [0.1, 0.15) is 11.4 Å². The van der Waals surface area contributed by atoms with E-state index in [4.69, 9.17) is 4.74 Å². The molecule has 0 radical (unpaired) electrons. The summed E-state index contributed by atoms with van der Waals surface area (Å²) in [5, 5.41) is 13.7. The molecular weight excluding hydrogens is 240 g/mol. The van der Waals surface area contributed by atoms with Crippen LogP contribution in [0.5, 0.6) is 5.75 Å². The normalized spacial score (nSPS) is 10.1. The third-order valence-corrected chi connectivity index (χ3v) is 2.97. The van der Waals surface area contributed by atoms with Crippen LogP contribution in [0.25, 0.3) is 0 Å². The number of thioether (sulfide) groups is 1. The first-order valence-corrected chi connectivity index (χ1v) is 6.53. The van der Waals surface area contributed by atoms with Gasteiger partial charge in [0.05, 0.1) is 22.5 Å². The van der Waals surface area contributed by atoms with Gasteiger partial charge in [-0.1, -0.05) is 6.92 Å². The Hall–Kier alpha value is -1.43. The van der Waals surface area contributed by atoms with E-state index >= 15 is 0 Å². The van der Waals surface area contributed by atoms with Crippen molar-refractivity contribution in [2.45, 2.75) is 18.2 Å². The molecule has 0 amide bonds. The van der Waals surface area contributed by atoms with E-state index in [2.05, 4.69) is 5.32 Å². The summed E-state index contributed by atoms with van der Waals surface area (Å²) in [6, 6.07) is 3.22. The summed E-state index contributed by atoms with van der Waals surface area (Å²) in [6.45, 7) is 2.55. The molecule has 0 heterocycles. The van der Waals surface area contributed by atoms with Gasteiger partial charge in [-0.3, -0.25) is 10.1 Å². The number of ether oxygens (including phenoxy) is 1. The molecule has 1 aromatic rings. The SMILES string of the molecule is CCCOc1cc([N+](=O)[O-])c(NC)cc1SC. The van der Waals surface area contributed by atoms with Crippen LogP contribution >= 0.6 is 11.8 Å². The molecule has 0 atom stereocenters. The first-order chi connectivity index (χ1) is 8.13. The fraction of sp³-hybridized carbons (Fsp3) is 0.455. The molecule has 17 heavy (non-hydrogen) atoms. The van der Waals surface area contributed by atoms with Crippen molar-refractivity contribution in [3.05, 3.63) is 22.2 Å². The minimum absolute atomic E-state index is 0.0383. The lowest BCUT2D eigenvalue weighted by atomic mass is 10.2. The van der Waals surface area contributed by atoms with Gasteiger partial charge in [0.25, 0.3) is 5.69 Å². The van der Waals surface area contributed by atoms with Crippen LogP contribution in [0.1, 0.15) is 13.3 Å². The molecule has 0 aliphatic carbocycles. The summed E-state index contributed by atoms with van der Waals surface area (Å²) in [6.07, 6.45) is 2.79. The van der Waals surface area contributed by atoms with E-state index in [0.29, 0.717) is 18.0 Å². The van der Waals surface area contributed by atoms with Crippen molar-refractivity contribution in [3.63, 3.8) is 0 Å². The summed E-state index contributed by atoms with van der Waals surface area (Å²) in [7, 11) is 1.67. The minimum Gasteiger partial charge on any atom is -0.492 e. The third kappa shape index (κ3) is 3.26. The van der Waals surface area contributed by atoms with Crippen molar-refractivity contribution in [1.82, 2.24) is 0 Å². The first-order valence-electron chi connectivity index (χ1n) is 5.31. The Morgan fingerprint density at radius 1 is 1.53 bits per heavy atom. The Morgan fingerprint density at radius 2 is 2.24 bits per heavy atom. The molecule has 1 rings (SSSR count). The second-order valence-corrected chi connectivity index (χ2v) is 4.22. The number of anilines is 1. The van der Waals surface area contributed by atoms with Crippen LogP contribution in [0, 0.1) is 10.1 Å². The molecule has 5 nitrogen and oxygen atoms in total. The molecule has 0 aliphatic rings. The van der Waals surface area contributed by atoms with Gasteiger partial charge in [-0.15, -0.1) is 11.8 Å². The maximum atomic E-state index is 10.9. The number of nitrogens with one attached hydrogen (secondary N) is 1. The fourth-order valence-electron chi connectivity index (χ4n) is 1.38. The monoisotopic (exact) mass is 256 g/mol. The van der Waals surface area contributed by atoms with Crippen molar-refractivity contribution in [2.24, 2.45) is 0 Å². The van der Waals surface area contributed by atoms with Crippen LogP contribution in [-0.2, 0) is 0 Å². The molecule has 94 valence electrons. The molecule has 0 saturated carbocycles. The molecule has 1 aromatic carbocycles. The molecule has 1 N–H and O–H groups in total. The lowest BCUT2D eigenvalue weighted by Crippen LogP contribution is -2.01. The summed E-state index contributed by atoms with van der Waals surface area (Å²) >= 11 is 1.51. The van der Waals surface area contributed by atoms with Gasteiger partial charge in [-0.05, 0) is 18.7 Å². The van der Waals surface area contributed by atoms with Gasteiger partial charge in [0, 0.05) is 7.05 Å². The zero-order valence-corrected chi connectivity index (χ0v) is 11.0. The van der Waals surface area contributed by atoms with Crippen LogP contribution in [0.4, 0.5) is 11.4 Å². The highest BCUT2D eigenvalue weighted by Crippen LogP contribution is 2.37. The number of hydrogen-bond acceptors (Lipinski definition) is 5. The average Bonchev–Trinajstić information content (AvgIpc) is 2.34. The molecule has 0 aromatic heterocycles. The highest BCUT2D eigenvalue weighted by Gasteiger charge is 2.17. The van der Waals surface area contributed by atoms with Crippen LogP contribution < -0.4 is 10.1 Å². The zero-order chi connectivity index (χ0) is 12.8. The largest absolute Gasteiger partial charge is 0.492 e. The number of hydrogen-bond donors (Lipinski definition) is 1. The van der Waals surface area contributed by atoms with E-state index in [9.17, 15) is 10.1 Å². The van der Waals surface area contributed by atoms with Gasteiger partial charge in [-0.2, -0.15) is 0 Å². The number of nitro benzene ring substituents is 1. The molecular formula is C11H16N2O3S. The lowest BCUT2D eigenvalue weighted by Gasteiger charge is -2.11. The van der Waals surface area contributed by atoms with E-state index in [1.807, 2.05) is 13.2 Å². The van der Waals surface area contributed by atoms with E-state index in [0.717, 1.165) is 11.3 Å². The predicted octanol–water partition coefficient (Wildman–Crippen LogP) is 3.15. The highest BCUT2D eigenvalue weighted by atomic mass is 32.2. The summed E-state index contributed by atoms with van der Waals surface area (Å²) < 4.78 is 5.51. The minimum atomic E-state index is -0.408. The van der Waals surface area contributed by atoms with Gasteiger partial charge >= 0.3 is 0 Å². The van der Waals surface area contributed by atoms with E-state index < -0.39 is 4.92 Å². The molecule has 0 fully saturated rings. The van der Waals surface area contributed by atoms with Gasteiger partial charge in [0.2, 0.25) is 0 Å². The summed E-state index contributed by atoms with van der Waals surface area (Å²) in [4.78, 5) is 11.4. The predicted molar refractivity (Wildman–Crippen MR) is 70.2 cm³/mol. The zero-order valence-electron chi connectivity index (χ0n) is 10.1. The van der Waals surface area contributed by atoms with E-state index in [-0.39, 0.29) is 5.69 Å². The maximum Gasteiger partial charge on any atom is 0.296 e. The van der Waals surface area contributed by atoms with E-state index in [1.165, 1.54) is 17.8 Å². The van der Waals surface area contributed by atoms with Crippen LogP contribution in [0.2, 0.25) is 0 Å². The van der Waals surface area contributed by atoms with Crippen molar-refractivity contribution >= 4 is 23.1 Å². The number of rotatable bonds is 6. The summed E-state index contributed by atoms with van der Waals surface area (Å²) in [5.74, 6) is 0.574. The lowest BCUT2D eigenvalue weighted by molar-refractivity contribution is -0.384. The molecule has 0 saturated heterocycles. The molecule has 6 heteroatoms. The number of nitro groups is 1. The standard InChI is InChI=1S/C11H16N2O3S/c1-4-5-16-10-7-9(13(14)15)8(12-2)6-11(10)17-3/h6-7,12H,4-5H2,1-3H3. The van der Waals surface area contributed by atoms with Crippen LogP contribution in [-0.4, -0.2) is 24.8 Å². The average molecular weight is 256 g/mol. The number of benzene rings is 1. The van der Waals surface area contributed by atoms with Gasteiger partial charge < -0.3 is 10.1 Å². The second-order valence-electron chi connectivity index (χ2n) is 3.38. The van der Waals surface area contributed by atoms with E-state index in [1.54, 1.807) is 13.1 Å². The Labute approximate surface area is 105 Å². The third-order valence-electron chi connectivity index (χ3n) is 2.21. The van der Waals surface area contributed by atoms with Crippen molar-refractivity contribution in [2.75, 3.05) is 25.2 Å². The Bertz CT molecular complexity index is 410. The van der Waals surface area contributed by atoms with Crippen molar-refractivity contribution in [1.29, 1.82) is 0 Å². The van der Waals surface area contributed by atoms with Gasteiger partial charge in [0.15, 0.2) is 0 Å². The summed E-state index contributed by atoms with van der Waals surface area (Å²) in [5.41, 5.74) is 0.541. The number of nitrogens with zero attached hydrogens (tertiary/aromatic N) is 1. The molecule has 0 bridgehead atoms. The Kier molecular flexibility index (Phi) is 5.09. The van der Waals surface area contributed by atoms with Crippen LogP contribution in [0.3, 0.4) is 0 Å². The second kappa shape index (κ2) is 6.34.